The minimum atomic E-state index is -4.56. The first-order valence-electron chi connectivity index (χ1n) is 8.59. The van der Waals surface area contributed by atoms with Gasteiger partial charge in [0.15, 0.2) is 11.4 Å². The van der Waals surface area contributed by atoms with Crippen LogP contribution >= 0.6 is 11.3 Å². The molecule has 0 saturated carbocycles. The number of thiophene rings is 1. The first-order valence-corrected chi connectivity index (χ1v) is 9.47. The van der Waals surface area contributed by atoms with Crippen LogP contribution in [-0.2, 0) is 12.6 Å². The van der Waals surface area contributed by atoms with E-state index in [0.717, 1.165) is 22.7 Å². The zero-order valence-corrected chi connectivity index (χ0v) is 15.6. The van der Waals surface area contributed by atoms with Gasteiger partial charge in [0.2, 0.25) is 0 Å². The van der Waals surface area contributed by atoms with Crippen molar-refractivity contribution in [2.24, 2.45) is 0 Å². The summed E-state index contributed by atoms with van der Waals surface area (Å²) in [5, 5.41) is 5.90. The van der Waals surface area contributed by atoms with Crippen molar-refractivity contribution in [3.8, 4) is 10.6 Å². The standard InChI is InChI=1S/C20H13F4N3OS/c21-15-5-4-14(20(22,23)24)8-12(15)3-6-17(28)13-9-18(29-11-13)16-10-25-19-2-1-7-26-27(16)19/h1-2,4-5,7-11H,3,6H2. The second-order valence-electron chi connectivity index (χ2n) is 6.36. The van der Waals surface area contributed by atoms with Crippen LogP contribution in [0.1, 0.15) is 27.9 Å². The highest BCUT2D eigenvalue weighted by Crippen LogP contribution is 2.31. The number of benzene rings is 1. The van der Waals surface area contributed by atoms with Gasteiger partial charge in [-0.2, -0.15) is 18.3 Å². The van der Waals surface area contributed by atoms with Crippen molar-refractivity contribution < 1.29 is 22.4 Å². The molecule has 3 heterocycles. The largest absolute Gasteiger partial charge is 0.416 e. The third kappa shape index (κ3) is 3.91. The molecule has 0 radical (unpaired) electrons. The van der Waals surface area contributed by atoms with E-state index in [-0.39, 0.29) is 24.2 Å². The minimum Gasteiger partial charge on any atom is -0.294 e. The highest BCUT2D eigenvalue weighted by molar-refractivity contribution is 7.13. The number of aromatic nitrogens is 3. The van der Waals surface area contributed by atoms with E-state index in [2.05, 4.69) is 10.1 Å². The zero-order valence-electron chi connectivity index (χ0n) is 14.8. The number of alkyl halides is 3. The average molecular weight is 419 g/mol. The number of nitrogens with zero attached hydrogens (tertiary/aromatic N) is 3. The van der Waals surface area contributed by atoms with Gasteiger partial charge in [-0.3, -0.25) is 4.79 Å². The fourth-order valence-electron chi connectivity index (χ4n) is 2.95. The number of carbonyl (C=O) groups excluding carboxylic acids is 1. The normalized spacial score (nSPS) is 11.9. The predicted octanol–water partition coefficient (Wildman–Crippen LogP) is 5.43. The lowest BCUT2D eigenvalue weighted by Gasteiger charge is -2.09. The van der Waals surface area contributed by atoms with Crippen LogP contribution in [-0.4, -0.2) is 20.4 Å². The highest BCUT2D eigenvalue weighted by atomic mass is 32.1. The summed E-state index contributed by atoms with van der Waals surface area (Å²) in [6, 6.07) is 7.49. The van der Waals surface area contributed by atoms with Crippen molar-refractivity contribution in [1.82, 2.24) is 14.6 Å². The average Bonchev–Trinajstić information content (AvgIpc) is 3.33. The van der Waals surface area contributed by atoms with Crippen LogP contribution < -0.4 is 0 Å². The predicted molar refractivity (Wildman–Crippen MR) is 100 cm³/mol. The van der Waals surface area contributed by atoms with E-state index < -0.39 is 17.6 Å². The molecule has 0 aliphatic rings. The van der Waals surface area contributed by atoms with Crippen LogP contribution in [0.15, 0.2) is 54.2 Å². The van der Waals surface area contributed by atoms with E-state index in [4.69, 9.17) is 0 Å². The molecule has 0 atom stereocenters. The molecule has 0 aliphatic heterocycles. The molecule has 0 spiro atoms. The molecule has 0 bridgehead atoms. The molecule has 3 aromatic heterocycles. The van der Waals surface area contributed by atoms with Gasteiger partial charge in [0.1, 0.15) is 11.5 Å². The Morgan fingerprint density at radius 1 is 1.17 bits per heavy atom. The molecule has 29 heavy (non-hydrogen) atoms. The van der Waals surface area contributed by atoms with E-state index in [1.54, 1.807) is 40.5 Å². The summed E-state index contributed by atoms with van der Waals surface area (Å²) < 4.78 is 53.9. The van der Waals surface area contributed by atoms with E-state index >= 15 is 0 Å². The van der Waals surface area contributed by atoms with E-state index in [9.17, 15) is 22.4 Å². The van der Waals surface area contributed by atoms with Crippen molar-refractivity contribution in [2.75, 3.05) is 0 Å². The number of Topliss-reactive ketones (excluding diaryl/α,β-unsaturated/α-hetero) is 1. The summed E-state index contributed by atoms with van der Waals surface area (Å²) in [5.41, 5.74) is 0.759. The number of imidazole rings is 1. The summed E-state index contributed by atoms with van der Waals surface area (Å²) >= 11 is 1.34. The monoisotopic (exact) mass is 419 g/mol. The second kappa shape index (κ2) is 7.40. The van der Waals surface area contributed by atoms with Crippen LogP contribution in [0.3, 0.4) is 0 Å². The molecule has 148 valence electrons. The van der Waals surface area contributed by atoms with Gasteiger partial charge in [-0.25, -0.2) is 13.9 Å². The number of fused-ring (bicyclic) bond motifs is 1. The number of ketones is 1. The number of rotatable bonds is 5. The Labute approximate surface area is 166 Å². The quantitative estimate of drug-likeness (QED) is 0.320. The maximum atomic E-state index is 13.9. The van der Waals surface area contributed by atoms with Gasteiger partial charge in [0.05, 0.1) is 16.6 Å². The number of hydrogen-bond acceptors (Lipinski definition) is 4. The molecule has 0 unspecified atom stereocenters. The topological polar surface area (TPSA) is 47.3 Å². The number of aryl methyl sites for hydroxylation is 1. The molecule has 9 heteroatoms. The SMILES string of the molecule is O=C(CCc1cc(C(F)(F)F)ccc1F)c1csc(-c2cnc3cccnn23)c1. The van der Waals surface area contributed by atoms with Crippen LogP contribution in [0.2, 0.25) is 0 Å². The number of hydrogen-bond donors (Lipinski definition) is 0. The van der Waals surface area contributed by atoms with E-state index in [1.165, 1.54) is 11.3 Å². The van der Waals surface area contributed by atoms with Gasteiger partial charge >= 0.3 is 6.18 Å². The zero-order chi connectivity index (χ0) is 20.6. The van der Waals surface area contributed by atoms with Crippen LogP contribution in [0.25, 0.3) is 16.2 Å². The Morgan fingerprint density at radius 2 is 2.00 bits per heavy atom. The number of carbonyl (C=O) groups is 1. The summed E-state index contributed by atoms with van der Waals surface area (Å²) in [4.78, 5) is 17.5. The molecule has 4 aromatic rings. The Bertz CT molecular complexity index is 1200. The van der Waals surface area contributed by atoms with Crippen molar-refractivity contribution in [2.45, 2.75) is 19.0 Å². The van der Waals surface area contributed by atoms with E-state index in [0.29, 0.717) is 17.3 Å². The van der Waals surface area contributed by atoms with Crippen molar-refractivity contribution in [1.29, 1.82) is 0 Å². The Balaban J connectivity index is 1.51. The first kappa shape index (κ1) is 19.3. The second-order valence-corrected chi connectivity index (χ2v) is 7.28. The lowest BCUT2D eigenvalue weighted by Crippen LogP contribution is -2.07. The minimum absolute atomic E-state index is 0.0974. The van der Waals surface area contributed by atoms with Gasteiger partial charge in [-0.1, -0.05) is 0 Å². The molecule has 0 N–H and O–H groups in total. The molecular weight excluding hydrogens is 406 g/mol. The fourth-order valence-corrected chi connectivity index (χ4v) is 3.86. The maximum absolute atomic E-state index is 13.9. The molecule has 0 saturated heterocycles. The molecule has 0 aliphatic carbocycles. The summed E-state index contributed by atoms with van der Waals surface area (Å²) in [6.07, 6.45) is -1.49. The van der Waals surface area contributed by atoms with Gasteiger partial charge in [-0.15, -0.1) is 11.3 Å². The van der Waals surface area contributed by atoms with E-state index in [1.807, 2.05) is 0 Å². The summed E-state index contributed by atoms with van der Waals surface area (Å²) in [5.74, 6) is -1.03. The van der Waals surface area contributed by atoms with Crippen LogP contribution in [0.4, 0.5) is 17.6 Å². The molecular formula is C20H13F4N3OS. The third-order valence-corrected chi connectivity index (χ3v) is 5.40. The lowest BCUT2D eigenvalue weighted by molar-refractivity contribution is -0.137. The van der Waals surface area contributed by atoms with Gasteiger partial charge in [0.25, 0.3) is 0 Å². The van der Waals surface area contributed by atoms with Crippen molar-refractivity contribution >= 4 is 22.8 Å². The first-order chi connectivity index (χ1) is 13.8. The van der Waals surface area contributed by atoms with Crippen LogP contribution in [0, 0.1) is 5.82 Å². The Kier molecular flexibility index (Phi) is 4.91. The Hall–Kier alpha value is -3.07. The smallest absolute Gasteiger partial charge is 0.294 e. The third-order valence-electron chi connectivity index (χ3n) is 4.45. The lowest BCUT2D eigenvalue weighted by atomic mass is 10.0. The molecule has 0 fully saturated rings. The van der Waals surface area contributed by atoms with Crippen LogP contribution in [0.5, 0.6) is 0 Å². The summed E-state index contributed by atoms with van der Waals surface area (Å²) in [7, 11) is 0. The van der Waals surface area contributed by atoms with Crippen molar-refractivity contribution in [3.63, 3.8) is 0 Å². The fraction of sp³-hybridized carbons (Fsp3) is 0.150. The molecule has 1 aromatic carbocycles. The summed E-state index contributed by atoms with van der Waals surface area (Å²) in [6.45, 7) is 0. The molecule has 0 amide bonds. The molecule has 4 nitrogen and oxygen atoms in total. The van der Waals surface area contributed by atoms with Crippen molar-refractivity contribution in [3.05, 3.63) is 76.7 Å². The molecule has 4 rings (SSSR count). The number of halogens is 4. The van der Waals surface area contributed by atoms with Gasteiger partial charge < -0.3 is 0 Å². The highest BCUT2D eigenvalue weighted by Gasteiger charge is 2.31. The maximum Gasteiger partial charge on any atom is 0.416 e. The Morgan fingerprint density at radius 3 is 2.79 bits per heavy atom. The van der Waals surface area contributed by atoms with Gasteiger partial charge in [0, 0.05) is 23.6 Å². The van der Waals surface area contributed by atoms with Gasteiger partial charge in [-0.05, 0) is 48.4 Å².